The Morgan fingerprint density at radius 2 is 0.905 bits per heavy atom. The van der Waals surface area contributed by atoms with Gasteiger partial charge in [0.25, 0.3) is 0 Å². The maximum absolute atomic E-state index is 2.83. The molecule has 370 valence electrons. The fourth-order valence-electron chi connectivity index (χ4n) is 15.1. The van der Waals surface area contributed by atoms with Gasteiger partial charge in [-0.15, -0.1) is 0 Å². The molecular formula is C70H72BN3. The van der Waals surface area contributed by atoms with Crippen molar-refractivity contribution in [3.8, 4) is 16.8 Å². The highest BCUT2D eigenvalue weighted by molar-refractivity contribution is 6.94. The van der Waals surface area contributed by atoms with Crippen molar-refractivity contribution in [2.24, 2.45) is 0 Å². The average Bonchev–Trinajstić information content (AvgIpc) is 3.73. The molecule has 0 amide bonds. The largest absolute Gasteiger partial charge is 0.376 e. The molecule has 5 aliphatic rings. The Kier molecular flexibility index (Phi) is 9.39. The number of aromatic nitrogens is 1. The minimum atomic E-state index is -0.111. The van der Waals surface area contributed by atoms with E-state index in [1.54, 1.807) is 0 Å². The first kappa shape index (κ1) is 46.0. The normalized spacial score (nSPS) is 19.6. The van der Waals surface area contributed by atoms with Crippen molar-refractivity contribution >= 4 is 78.8 Å². The summed E-state index contributed by atoms with van der Waals surface area (Å²) in [5.41, 5.74) is 24.9. The lowest BCUT2D eigenvalue weighted by atomic mass is 9.43. The van der Waals surface area contributed by atoms with Crippen molar-refractivity contribution in [3.63, 3.8) is 0 Å². The van der Waals surface area contributed by atoms with Crippen LogP contribution in [0.15, 0.2) is 146 Å². The van der Waals surface area contributed by atoms with E-state index >= 15 is 0 Å². The Morgan fingerprint density at radius 3 is 1.50 bits per heavy atom. The molecular weight excluding hydrogens is 894 g/mol. The number of fused-ring (bicyclic) bond motifs is 14. The van der Waals surface area contributed by atoms with Gasteiger partial charge in [0.05, 0.1) is 11.0 Å². The molecule has 0 fully saturated rings. The molecule has 0 saturated heterocycles. The van der Waals surface area contributed by atoms with Gasteiger partial charge < -0.3 is 14.3 Å². The highest BCUT2D eigenvalue weighted by atomic mass is 15.2. The van der Waals surface area contributed by atoms with Gasteiger partial charge in [-0.2, -0.15) is 0 Å². The van der Waals surface area contributed by atoms with E-state index < -0.39 is 0 Å². The first-order chi connectivity index (χ1) is 35.2. The topological polar surface area (TPSA) is 11.4 Å². The van der Waals surface area contributed by atoms with Crippen LogP contribution in [0.4, 0.5) is 28.4 Å². The minimum Gasteiger partial charge on any atom is -0.376 e. The van der Waals surface area contributed by atoms with E-state index in [1.165, 1.54) is 131 Å². The molecule has 3 nitrogen and oxygen atoms in total. The van der Waals surface area contributed by atoms with Crippen molar-refractivity contribution in [1.29, 1.82) is 0 Å². The molecule has 2 aliphatic heterocycles. The Labute approximate surface area is 440 Å². The van der Waals surface area contributed by atoms with Gasteiger partial charge in [0.1, 0.15) is 0 Å². The Bertz CT molecular complexity index is 3820. The molecule has 0 spiro atoms. The molecule has 8 aromatic carbocycles. The third-order valence-corrected chi connectivity index (χ3v) is 19.9. The smallest absolute Gasteiger partial charge is 0.333 e. The van der Waals surface area contributed by atoms with E-state index in [2.05, 4.69) is 243 Å². The van der Waals surface area contributed by atoms with Crippen LogP contribution in [-0.2, 0) is 32.5 Å². The van der Waals surface area contributed by atoms with Gasteiger partial charge in [0.15, 0.2) is 0 Å². The SMILES string of the molecule is CC1(C)CCC(C)(C)c2cc(N3B4c5cc6c(cc5-n5c7cc8c(cc7c7c9ccccc9c(c4c75)-c4ccc(N(c5ccccc5)c5ccccc5)cc43)C(C)(C)CCC8(C)C)C(C)(C)CCC6(C)C)ccc21. The molecule has 1 aromatic heterocycles. The van der Waals surface area contributed by atoms with Crippen molar-refractivity contribution in [2.75, 3.05) is 9.71 Å². The quantitative estimate of drug-likeness (QED) is 0.163. The summed E-state index contributed by atoms with van der Waals surface area (Å²) in [6, 6.07) is 57.2. The maximum atomic E-state index is 2.83. The lowest BCUT2D eigenvalue weighted by Gasteiger charge is -2.47. The Balaban J connectivity index is 1.18. The van der Waals surface area contributed by atoms with Gasteiger partial charge in [-0.1, -0.05) is 162 Å². The predicted octanol–water partition coefficient (Wildman–Crippen LogP) is 17.7. The van der Waals surface area contributed by atoms with Crippen LogP contribution >= 0.6 is 0 Å². The summed E-state index contributed by atoms with van der Waals surface area (Å²) >= 11 is 0. The van der Waals surface area contributed by atoms with Gasteiger partial charge in [-0.25, -0.2) is 0 Å². The summed E-state index contributed by atoms with van der Waals surface area (Å²) in [4.78, 5) is 5.28. The number of nitrogens with zero attached hydrogens (tertiary/aromatic N) is 3. The summed E-state index contributed by atoms with van der Waals surface area (Å²) in [6.07, 6.45) is 7.05. The van der Waals surface area contributed by atoms with Crippen molar-refractivity contribution in [1.82, 2.24) is 4.57 Å². The Morgan fingerprint density at radius 1 is 0.405 bits per heavy atom. The third-order valence-electron chi connectivity index (χ3n) is 19.9. The molecule has 0 saturated carbocycles. The second-order valence-corrected chi connectivity index (χ2v) is 27.3. The molecule has 9 aromatic rings. The number of anilines is 5. The van der Waals surface area contributed by atoms with E-state index in [0.717, 1.165) is 29.9 Å². The maximum Gasteiger partial charge on any atom is 0.333 e. The summed E-state index contributed by atoms with van der Waals surface area (Å²) in [6.45, 7) is 29.8. The van der Waals surface area contributed by atoms with Crippen molar-refractivity contribution in [2.45, 2.75) is 154 Å². The molecule has 3 aliphatic carbocycles. The number of hydrogen-bond acceptors (Lipinski definition) is 2. The van der Waals surface area contributed by atoms with E-state index in [0.29, 0.717) is 0 Å². The predicted molar refractivity (Wildman–Crippen MR) is 318 cm³/mol. The van der Waals surface area contributed by atoms with Gasteiger partial charge in [-0.3, -0.25) is 0 Å². The van der Waals surface area contributed by atoms with E-state index in [9.17, 15) is 0 Å². The van der Waals surface area contributed by atoms with E-state index in [1.807, 2.05) is 0 Å². The number of rotatable bonds is 4. The molecule has 0 bridgehead atoms. The van der Waals surface area contributed by atoms with Crippen LogP contribution in [0.3, 0.4) is 0 Å². The van der Waals surface area contributed by atoms with Crippen LogP contribution in [0.25, 0.3) is 49.4 Å². The molecule has 14 rings (SSSR count). The highest BCUT2D eigenvalue weighted by Gasteiger charge is 2.49. The fourth-order valence-corrected chi connectivity index (χ4v) is 15.1. The monoisotopic (exact) mass is 966 g/mol. The second-order valence-electron chi connectivity index (χ2n) is 27.3. The van der Waals surface area contributed by atoms with Gasteiger partial charge in [0, 0.05) is 50.5 Å². The number of hydrogen-bond donors (Lipinski definition) is 0. The van der Waals surface area contributed by atoms with Gasteiger partial charge >= 0.3 is 6.85 Å². The lowest BCUT2D eigenvalue weighted by Crippen LogP contribution is -2.61. The van der Waals surface area contributed by atoms with E-state index in [4.69, 9.17) is 0 Å². The summed E-state index contributed by atoms with van der Waals surface area (Å²) in [7, 11) is 0. The standard InChI is InChI=1S/C70H72BN3/c1-65(2)31-32-66(3,4)52-37-46(28-30-51(52)65)74-59-38-45(72(43-21-15-13-16-22-43)44-23-17-14-18-24-44)27-29-49(59)61-47-25-19-20-26-48(47)62-50-39-53-55(69(9,10)35-33-67(53,5)6)41-58(50)73-60-42-56-54(68(7,8)34-36-70(56,11)12)40-57(60)71(74)63(61)64(62)73/h13-30,37-42H,31-36H2,1-12H3. The van der Waals surface area contributed by atoms with Crippen LogP contribution in [0, 0.1) is 0 Å². The van der Waals surface area contributed by atoms with Crippen molar-refractivity contribution in [3.05, 3.63) is 179 Å². The zero-order chi connectivity index (χ0) is 51.2. The molecule has 0 radical (unpaired) electrons. The molecule has 3 heterocycles. The molecule has 4 heteroatoms. The van der Waals surface area contributed by atoms with Gasteiger partial charge in [-0.05, 0) is 198 Å². The molecule has 0 unspecified atom stereocenters. The van der Waals surface area contributed by atoms with E-state index in [-0.39, 0.29) is 39.3 Å². The van der Waals surface area contributed by atoms with Crippen LogP contribution in [0.1, 0.15) is 155 Å². The fraction of sp³-hybridized carbons (Fsp3) is 0.343. The van der Waals surface area contributed by atoms with Crippen LogP contribution in [0.2, 0.25) is 0 Å². The minimum absolute atomic E-state index is 0.0208. The summed E-state index contributed by atoms with van der Waals surface area (Å²) in [5, 5.41) is 5.47. The average molecular weight is 966 g/mol. The second kappa shape index (κ2) is 15.1. The highest BCUT2D eigenvalue weighted by Crippen LogP contribution is 2.56. The molecule has 74 heavy (non-hydrogen) atoms. The molecule has 0 atom stereocenters. The van der Waals surface area contributed by atoms with Crippen molar-refractivity contribution < 1.29 is 0 Å². The summed E-state index contributed by atoms with van der Waals surface area (Å²) < 4.78 is 2.79. The number of benzene rings is 8. The molecule has 0 N–H and O–H groups in total. The third kappa shape index (κ3) is 6.33. The van der Waals surface area contributed by atoms with Gasteiger partial charge in [0.2, 0.25) is 0 Å². The lowest BCUT2D eigenvalue weighted by molar-refractivity contribution is 0.332. The zero-order valence-electron chi connectivity index (χ0n) is 46.0. The van der Waals surface area contributed by atoms with Crippen LogP contribution in [-0.4, -0.2) is 11.4 Å². The summed E-state index contributed by atoms with van der Waals surface area (Å²) in [5.74, 6) is 0. The van der Waals surface area contributed by atoms with Crippen LogP contribution in [0.5, 0.6) is 0 Å². The Hall–Kier alpha value is -6.52. The number of para-hydroxylation sites is 2. The first-order valence-corrected chi connectivity index (χ1v) is 27.9. The van der Waals surface area contributed by atoms with Crippen LogP contribution < -0.4 is 20.6 Å². The zero-order valence-corrected chi connectivity index (χ0v) is 46.0. The first-order valence-electron chi connectivity index (χ1n) is 27.9.